The van der Waals surface area contributed by atoms with E-state index < -0.39 is 13.0 Å². The SMILES string of the molecule is FC(F)COCCOc1cnc2ccnn2c1. The van der Waals surface area contributed by atoms with Gasteiger partial charge in [0.05, 0.1) is 25.2 Å². The lowest BCUT2D eigenvalue weighted by atomic mass is 10.5. The molecule has 0 amide bonds. The highest BCUT2D eigenvalue weighted by atomic mass is 19.3. The predicted molar refractivity (Wildman–Crippen MR) is 55.3 cm³/mol. The van der Waals surface area contributed by atoms with Gasteiger partial charge in [-0.15, -0.1) is 0 Å². The van der Waals surface area contributed by atoms with Crippen LogP contribution in [0.5, 0.6) is 5.75 Å². The number of fused-ring (bicyclic) bond motifs is 1. The van der Waals surface area contributed by atoms with E-state index in [2.05, 4.69) is 14.8 Å². The Balaban J connectivity index is 1.78. The van der Waals surface area contributed by atoms with Crippen LogP contribution in [0.15, 0.2) is 24.7 Å². The van der Waals surface area contributed by atoms with Crippen molar-refractivity contribution in [3.8, 4) is 5.75 Å². The van der Waals surface area contributed by atoms with Gasteiger partial charge in [-0.1, -0.05) is 0 Å². The smallest absolute Gasteiger partial charge is 0.261 e. The van der Waals surface area contributed by atoms with Crippen LogP contribution in [0.1, 0.15) is 0 Å². The molecular weight excluding hydrogens is 232 g/mol. The molecule has 2 aromatic rings. The number of hydrogen-bond acceptors (Lipinski definition) is 4. The zero-order valence-corrected chi connectivity index (χ0v) is 8.92. The van der Waals surface area contributed by atoms with Crippen molar-refractivity contribution in [1.29, 1.82) is 0 Å². The van der Waals surface area contributed by atoms with Gasteiger partial charge in [0, 0.05) is 6.07 Å². The number of nitrogens with zero attached hydrogens (tertiary/aromatic N) is 3. The van der Waals surface area contributed by atoms with E-state index in [0.717, 1.165) is 0 Å². The Bertz CT molecular complexity index is 475. The highest BCUT2D eigenvalue weighted by Gasteiger charge is 2.02. The second-order valence-corrected chi connectivity index (χ2v) is 3.24. The summed E-state index contributed by atoms with van der Waals surface area (Å²) in [6.07, 6.45) is 2.38. The fourth-order valence-corrected chi connectivity index (χ4v) is 1.26. The molecule has 0 N–H and O–H groups in total. The maximum atomic E-state index is 11.7. The average molecular weight is 243 g/mol. The first-order valence-electron chi connectivity index (χ1n) is 5.04. The number of alkyl halides is 2. The number of aromatic nitrogens is 3. The van der Waals surface area contributed by atoms with E-state index in [1.165, 1.54) is 0 Å². The quantitative estimate of drug-likeness (QED) is 0.719. The van der Waals surface area contributed by atoms with Gasteiger partial charge in [0.25, 0.3) is 6.43 Å². The van der Waals surface area contributed by atoms with Gasteiger partial charge in [-0.05, 0) is 0 Å². The summed E-state index contributed by atoms with van der Waals surface area (Å²) in [5.74, 6) is 0.516. The van der Waals surface area contributed by atoms with E-state index in [1.807, 2.05) is 0 Å². The predicted octanol–water partition coefficient (Wildman–Crippen LogP) is 1.39. The summed E-state index contributed by atoms with van der Waals surface area (Å²) in [7, 11) is 0. The summed E-state index contributed by atoms with van der Waals surface area (Å²) in [5.41, 5.74) is 0.714. The summed E-state index contributed by atoms with van der Waals surface area (Å²) >= 11 is 0. The van der Waals surface area contributed by atoms with Gasteiger partial charge in [0.1, 0.15) is 13.2 Å². The standard InChI is InChI=1S/C10H11F2N3O2/c11-9(12)7-16-3-4-17-8-5-13-10-1-2-14-15(10)6-8/h1-2,5-6,9H,3-4,7H2. The van der Waals surface area contributed by atoms with Crippen molar-refractivity contribution in [2.75, 3.05) is 19.8 Å². The van der Waals surface area contributed by atoms with Crippen LogP contribution >= 0.6 is 0 Å². The minimum absolute atomic E-state index is 0.113. The topological polar surface area (TPSA) is 48.7 Å². The van der Waals surface area contributed by atoms with Gasteiger partial charge in [-0.25, -0.2) is 18.3 Å². The van der Waals surface area contributed by atoms with Crippen LogP contribution in [-0.4, -0.2) is 40.8 Å². The molecule has 5 nitrogen and oxygen atoms in total. The molecule has 0 aliphatic heterocycles. The molecule has 2 aromatic heterocycles. The van der Waals surface area contributed by atoms with Crippen LogP contribution in [0.2, 0.25) is 0 Å². The van der Waals surface area contributed by atoms with Crippen LogP contribution in [0.25, 0.3) is 5.65 Å². The molecule has 2 heterocycles. The van der Waals surface area contributed by atoms with E-state index >= 15 is 0 Å². The zero-order valence-electron chi connectivity index (χ0n) is 8.92. The summed E-state index contributed by atoms with van der Waals surface area (Å²) < 4.78 is 35.0. The molecule has 2 rings (SSSR count). The fraction of sp³-hybridized carbons (Fsp3) is 0.400. The minimum Gasteiger partial charge on any atom is -0.488 e. The van der Waals surface area contributed by atoms with Crippen molar-refractivity contribution in [2.45, 2.75) is 6.43 Å². The first kappa shape index (κ1) is 11.7. The molecular formula is C10H11F2N3O2. The first-order valence-corrected chi connectivity index (χ1v) is 5.04. The number of ether oxygens (including phenoxy) is 2. The molecule has 0 bridgehead atoms. The summed E-state index contributed by atoms with van der Waals surface area (Å²) in [6, 6.07) is 1.76. The minimum atomic E-state index is -2.45. The molecule has 0 aliphatic rings. The van der Waals surface area contributed by atoms with E-state index in [4.69, 9.17) is 4.74 Å². The third-order valence-electron chi connectivity index (χ3n) is 1.96. The van der Waals surface area contributed by atoms with Gasteiger partial charge in [-0.3, -0.25) is 0 Å². The Morgan fingerprint density at radius 2 is 2.24 bits per heavy atom. The van der Waals surface area contributed by atoms with Gasteiger partial charge >= 0.3 is 0 Å². The first-order chi connectivity index (χ1) is 8.25. The summed E-state index contributed by atoms with van der Waals surface area (Å²) in [4.78, 5) is 4.08. The van der Waals surface area contributed by atoms with Crippen molar-refractivity contribution in [3.05, 3.63) is 24.7 Å². The van der Waals surface area contributed by atoms with Crippen LogP contribution in [-0.2, 0) is 4.74 Å². The molecule has 7 heteroatoms. The zero-order chi connectivity index (χ0) is 12.1. The van der Waals surface area contributed by atoms with Crippen molar-refractivity contribution in [2.24, 2.45) is 0 Å². The van der Waals surface area contributed by atoms with Crippen LogP contribution < -0.4 is 4.74 Å². The molecule has 92 valence electrons. The van der Waals surface area contributed by atoms with Crippen LogP contribution in [0.4, 0.5) is 8.78 Å². The van der Waals surface area contributed by atoms with Crippen LogP contribution in [0.3, 0.4) is 0 Å². The lowest BCUT2D eigenvalue weighted by Gasteiger charge is -2.06. The Morgan fingerprint density at radius 1 is 1.35 bits per heavy atom. The summed E-state index contributed by atoms with van der Waals surface area (Å²) in [5, 5.41) is 3.99. The van der Waals surface area contributed by atoms with Crippen molar-refractivity contribution >= 4 is 5.65 Å². The third kappa shape index (κ3) is 3.35. The average Bonchev–Trinajstić information content (AvgIpc) is 2.75. The molecule has 0 radical (unpaired) electrons. The molecule has 17 heavy (non-hydrogen) atoms. The highest BCUT2D eigenvalue weighted by molar-refractivity contribution is 5.37. The molecule has 0 unspecified atom stereocenters. The number of hydrogen-bond donors (Lipinski definition) is 0. The van der Waals surface area contributed by atoms with Crippen molar-refractivity contribution < 1.29 is 18.3 Å². The van der Waals surface area contributed by atoms with E-state index in [1.54, 1.807) is 29.2 Å². The monoisotopic (exact) mass is 243 g/mol. The van der Waals surface area contributed by atoms with Gasteiger partial charge in [0.15, 0.2) is 11.4 Å². The lowest BCUT2D eigenvalue weighted by Crippen LogP contribution is -2.11. The third-order valence-corrected chi connectivity index (χ3v) is 1.96. The second-order valence-electron chi connectivity index (χ2n) is 3.24. The normalized spacial score (nSPS) is 11.2. The van der Waals surface area contributed by atoms with Gasteiger partial charge in [0.2, 0.25) is 0 Å². The molecule has 0 spiro atoms. The maximum absolute atomic E-state index is 11.7. The van der Waals surface area contributed by atoms with E-state index in [0.29, 0.717) is 11.4 Å². The highest BCUT2D eigenvalue weighted by Crippen LogP contribution is 2.09. The molecule has 0 fully saturated rings. The van der Waals surface area contributed by atoms with Gasteiger partial charge < -0.3 is 9.47 Å². The second kappa shape index (κ2) is 5.53. The van der Waals surface area contributed by atoms with E-state index in [9.17, 15) is 8.78 Å². The largest absolute Gasteiger partial charge is 0.488 e. The van der Waals surface area contributed by atoms with Crippen molar-refractivity contribution in [3.63, 3.8) is 0 Å². The van der Waals surface area contributed by atoms with Gasteiger partial charge in [-0.2, -0.15) is 5.10 Å². The molecule has 0 aromatic carbocycles. The van der Waals surface area contributed by atoms with E-state index in [-0.39, 0.29) is 13.2 Å². The Hall–Kier alpha value is -1.76. The Labute approximate surface area is 96.0 Å². The molecule has 0 saturated heterocycles. The Kier molecular flexibility index (Phi) is 3.81. The Morgan fingerprint density at radius 3 is 3.06 bits per heavy atom. The maximum Gasteiger partial charge on any atom is 0.261 e. The molecule has 0 saturated carbocycles. The number of rotatable bonds is 6. The molecule has 0 atom stereocenters. The number of halogens is 2. The van der Waals surface area contributed by atoms with Crippen LogP contribution in [0, 0.1) is 0 Å². The summed E-state index contributed by atoms with van der Waals surface area (Å²) in [6.45, 7) is -0.261. The fourth-order valence-electron chi connectivity index (χ4n) is 1.26. The van der Waals surface area contributed by atoms with Crippen molar-refractivity contribution in [1.82, 2.24) is 14.6 Å². The molecule has 0 aliphatic carbocycles. The lowest BCUT2D eigenvalue weighted by molar-refractivity contribution is 0.00755.